The molecule has 0 N–H and O–H groups in total. The van der Waals surface area contributed by atoms with Crippen molar-refractivity contribution in [2.75, 3.05) is 5.75 Å². The number of rotatable bonds is 4. The maximum absolute atomic E-state index is 6.14. The standard InChI is InChI=1S/C21H18NOS/c1-2-6-17(7-3-1)9-10-18-11-13-19(14-12-18)23-20-16-24-21-8-4-5-15-22(20)21/h1-15,20H,16H2/q+1/b10-9+. The lowest BCUT2D eigenvalue weighted by atomic mass is 10.1. The van der Waals surface area contributed by atoms with Gasteiger partial charge in [-0.05, 0) is 41.1 Å². The number of aromatic nitrogens is 1. The van der Waals surface area contributed by atoms with Crippen LogP contribution < -0.4 is 9.30 Å². The highest BCUT2D eigenvalue weighted by Gasteiger charge is 2.32. The number of benzene rings is 2. The van der Waals surface area contributed by atoms with E-state index in [4.69, 9.17) is 4.74 Å². The Kier molecular flexibility index (Phi) is 4.34. The smallest absolute Gasteiger partial charge is 0.312 e. The van der Waals surface area contributed by atoms with Gasteiger partial charge in [0.25, 0.3) is 0 Å². The molecule has 1 aromatic heterocycles. The van der Waals surface area contributed by atoms with Crippen molar-refractivity contribution in [1.82, 2.24) is 0 Å². The maximum Gasteiger partial charge on any atom is 0.312 e. The molecule has 1 atom stereocenters. The van der Waals surface area contributed by atoms with Gasteiger partial charge in [0.15, 0.2) is 6.20 Å². The SMILES string of the molecule is C(=C\c1ccc(OC2CSc3cccc[n+]32)cc1)/c1ccccc1. The maximum atomic E-state index is 6.14. The zero-order valence-corrected chi connectivity index (χ0v) is 14.0. The van der Waals surface area contributed by atoms with Gasteiger partial charge >= 0.3 is 6.23 Å². The molecule has 0 aliphatic carbocycles. The number of thioether (sulfide) groups is 1. The molecule has 24 heavy (non-hydrogen) atoms. The summed E-state index contributed by atoms with van der Waals surface area (Å²) in [6.07, 6.45) is 6.39. The van der Waals surface area contributed by atoms with E-state index in [1.807, 2.05) is 48.2 Å². The first kappa shape index (κ1) is 15.0. The van der Waals surface area contributed by atoms with Gasteiger partial charge in [0, 0.05) is 12.1 Å². The number of ether oxygens (including phenoxy) is 1. The molecule has 2 aromatic carbocycles. The van der Waals surface area contributed by atoms with Crippen LogP contribution in [0.1, 0.15) is 17.4 Å². The highest BCUT2D eigenvalue weighted by atomic mass is 32.2. The fourth-order valence-electron chi connectivity index (χ4n) is 2.70. The van der Waals surface area contributed by atoms with Crippen molar-refractivity contribution in [3.8, 4) is 5.75 Å². The highest BCUT2D eigenvalue weighted by molar-refractivity contribution is 7.99. The van der Waals surface area contributed by atoms with E-state index in [9.17, 15) is 0 Å². The first-order valence-corrected chi connectivity index (χ1v) is 9.00. The lowest BCUT2D eigenvalue weighted by molar-refractivity contribution is -0.775. The molecule has 0 amide bonds. The van der Waals surface area contributed by atoms with Crippen LogP contribution in [-0.4, -0.2) is 5.75 Å². The van der Waals surface area contributed by atoms with Crippen molar-refractivity contribution in [1.29, 1.82) is 0 Å². The minimum atomic E-state index is 0.0666. The summed E-state index contributed by atoms with van der Waals surface area (Å²) in [5, 5.41) is 1.25. The van der Waals surface area contributed by atoms with Crippen molar-refractivity contribution in [2.24, 2.45) is 0 Å². The summed E-state index contributed by atoms with van der Waals surface area (Å²) in [6, 6.07) is 24.8. The normalized spacial score (nSPS) is 16.2. The summed E-state index contributed by atoms with van der Waals surface area (Å²) in [5.41, 5.74) is 2.37. The quantitative estimate of drug-likeness (QED) is 0.501. The second-order valence-electron chi connectivity index (χ2n) is 5.64. The lowest BCUT2D eigenvalue weighted by Crippen LogP contribution is -2.41. The molecule has 1 aliphatic rings. The van der Waals surface area contributed by atoms with Gasteiger partial charge in [-0.1, -0.05) is 54.6 Å². The van der Waals surface area contributed by atoms with E-state index in [1.165, 1.54) is 16.2 Å². The van der Waals surface area contributed by atoms with Gasteiger partial charge in [0.2, 0.25) is 5.03 Å². The first-order valence-electron chi connectivity index (χ1n) is 8.01. The van der Waals surface area contributed by atoms with E-state index in [-0.39, 0.29) is 6.23 Å². The summed E-state index contributed by atoms with van der Waals surface area (Å²) in [6.45, 7) is 0. The molecule has 1 aliphatic heterocycles. The topological polar surface area (TPSA) is 13.1 Å². The molecule has 2 nitrogen and oxygen atoms in total. The van der Waals surface area contributed by atoms with E-state index in [1.54, 1.807) is 0 Å². The molecular formula is C21H18NOS+. The third kappa shape index (κ3) is 3.36. The Morgan fingerprint density at radius 2 is 1.54 bits per heavy atom. The van der Waals surface area contributed by atoms with E-state index in [0.717, 1.165) is 11.5 Å². The van der Waals surface area contributed by atoms with E-state index < -0.39 is 0 Å². The zero-order valence-electron chi connectivity index (χ0n) is 13.2. The average molecular weight is 332 g/mol. The Balaban J connectivity index is 1.44. The van der Waals surface area contributed by atoms with E-state index in [2.05, 4.69) is 59.3 Å². The average Bonchev–Trinajstić information content (AvgIpc) is 3.05. The van der Waals surface area contributed by atoms with Crippen molar-refractivity contribution in [3.63, 3.8) is 0 Å². The molecule has 0 saturated carbocycles. The van der Waals surface area contributed by atoms with Crippen LogP contribution in [0.3, 0.4) is 0 Å². The number of hydrogen-bond acceptors (Lipinski definition) is 2. The fourth-order valence-corrected chi connectivity index (χ4v) is 3.74. The van der Waals surface area contributed by atoms with E-state index in [0.29, 0.717) is 0 Å². The number of nitrogens with zero attached hydrogens (tertiary/aromatic N) is 1. The van der Waals surface area contributed by atoms with Crippen LogP contribution in [0.15, 0.2) is 84.0 Å². The minimum absolute atomic E-state index is 0.0666. The second kappa shape index (κ2) is 6.93. The van der Waals surface area contributed by atoms with Gasteiger partial charge in [0.05, 0.1) is 0 Å². The predicted octanol–water partition coefficient (Wildman–Crippen LogP) is 4.83. The van der Waals surface area contributed by atoms with Gasteiger partial charge in [0.1, 0.15) is 11.5 Å². The molecule has 0 saturated heterocycles. The number of pyridine rings is 1. The van der Waals surface area contributed by atoms with Crippen molar-refractivity contribution < 1.29 is 9.30 Å². The van der Waals surface area contributed by atoms with Crippen molar-refractivity contribution in [2.45, 2.75) is 11.3 Å². The Labute approximate surface area is 146 Å². The molecule has 0 radical (unpaired) electrons. The third-order valence-electron chi connectivity index (χ3n) is 3.96. The molecule has 0 spiro atoms. The van der Waals surface area contributed by atoms with Crippen LogP contribution >= 0.6 is 11.8 Å². The van der Waals surface area contributed by atoms with Gasteiger partial charge in [-0.15, -0.1) is 0 Å². The van der Waals surface area contributed by atoms with Crippen LogP contribution in [-0.2, 0) is 0 Å². The number of hydrogen-bond donors (Lipinski definition) is 0. The van der Waals surface area contributed by atoms with Gasteiger partial charge in [-0.2, -0.15) is 4.57 Å². The second-order valence-corrected chi connectivity index (χ2v) is 6.68. The molecule has 3 heteroatoms. The Hall–Kier alpha value is -2.52. The largest absolute Gasteiger partial charge is 0.433 e. The Morgan fingerprint density at radius 1 is 0.833 bits per heavy atom. The summed E-state index contributed by atoms with van der Waals surface area (Å²) in [5.74, 6) is 1.85. The summed E-state index contributed by atoms with van der Waals surface area (Å²) in [4.78, 5) is 0. The summed E-state index contributed by atoms with van der Waals surface area (Å²) in [7, 11) is 0. The molecular weight excluding hydrogens is 314 g/mol. The fraction of sp³-hybridized carbons (Fsp3) is 0.0952. The van der Waals surface area contributed by atoms with Gasteiger partial charge in [-0.3, -0.25) is 0 Å². The number of fused-ring (bicyclic) bond motifs is 1. The lowest BCUT2D eigenvalue weighted by Gasteiger charge is -2.09. The van der Waals surface area contributed by atoms with Crippen LogP contribution in [0, 0.1) is 0 Å². The summed E-state index contributed by atoms with van der Waals surface area (Å²) < 4.78 is 8.33. The van der Waals surface area contributed by atoms with Gasteiger partial charge in [-0.25, -0.2) is 0 Å². The molecule has 0 fully saturated rings. The van der Waals surface area contributed by atoms with Crippen LogP contribution in [0.2, 0.25) is 0 Å². The molecule has 2 heterocycles. The van der Waals surface area contributed by atoms with Crippen LogP contribution in [0.4, 0.5) is 0 Å². The van der Waals surface area contributed by atoms with Crippen molar-refractivity contribution >= 4 is 23.9 Å². The molecule has 118 valence electrons. The zero-order chi connectivity index (χ0) is 16.2. The molecule has 0 bridgehead atoms. The molecule has 1 unspecified atom stereocenters. The third-order valence-corrected chi connectivity index (χ3v) is 5.05. The van der Waals surface area contributed by atoms with Crippen molar-refractivity contribution in [3.05, 3.63) is 90.1 Å². The Morgan fingerprint density at radius 3 is 2.33 bits per heavy atom. The minimum Gasteiger partial charge on any atom is -0.433 e. The highest BCUT2D eigenvalue weighted by Crippen LogP contribution is 2.28. The predicted molar refractivity (Wildman–Crippen MR) is 98.8 cm³/mol. The molecule has 3 aromatic rings. The Bertz CT molecular complexity index is 843. The first-order chi connectivity index (χ1) is 11.9. The van der Waals surface area contributed by atoms with Gasteiger partial charge < -0.3 is 4.74 Å². The van der Waals surface area contributed by atoms with Crippen LogP contribution in [0.25, 0.3) is 12.2 Å². The van der Waals surface area contributed by atoms with Crippen LogP contribution in [0.5, 0.6) is 5.75 Å². The summed E-state index contributed by atoms with van der Waals surface area (Å²) >= 11 is 1.83. The molecule has 4 rings (SSSR count). The van der Waals surface area contributed by atoms with E-state index >= 15 is 0 Å². The monoisotopic (exact) mass is 332 g/mol.